The monoisotopic (exact) mass is 331 g/mol. The zero-order chi connectivity index (χ0) is 14.7. The highest BCUT2D eigenvalue weighted by atomic mass is 35.5. The van der Waals surface area contributed by atoms with Gasteiger partial charge < -0.3 is 15.2 Å². The maximum absolute atomic E-state index is 9.53. The average Bonchev–Trinajstić information content (AvgIpc) is 2.43. The molecule has 0 fully saturated rings. The fraction of sp³-hybridized carbons (Fsp3) is 0.143. The molecule has 106 valence electrons. The van der Waals surface area contributed by atoms with Gasteiger partial charge in [0.25, 0.3) is 0 Å². The number of nitrogens with one attached hydrogen (secondary N) is 1. The molecule has 2 aromatic carbocycles. The van der Waals surface area contributed by atoms with E-state index in [1.54, 1.807) is 30.3 Å². The summed E-state index contributed by atoms with van der Waals surface area (Å²) in [6.07, 6.45) is 0. The molecule has 0 aliphatic carbocycles. The van der Waals surface area contributed by atoms with Crippen LogP contribution in [-0.2, 0) is 6.54 Å². The van der Waals surface area contributed by atoms with E-state index in [-0.39, 0.29) is 5.75 Å². The van der Waals surface area contributed by atoms with Crippen LogP contribution in [0.2, 0.25) is 15.1 Å². The van der Waals surface area contributed by atoms with Crippen LogP contribution in [-0.4, -0.2) is 12.2 Å². The molecule has 0 amide bonds. The maximum atomic E-state index is 9.53. The molecule has 6 heteroatoms. The third kappa shape index (κ3) is 3.42. The van der Waals surface area contributed by atoms with E-state index in [1.165, 1.54) is 7.11 Å². The zero-order valence-corrected chi connectivity index (χ0v) is 12.9. The van der Waals surface area contributed by atoms with Gasteiger partial charge in [-0.05, 0) is 29.8 Å². The summed E-state index contributed by atoms with van der Waals surface area (Å²) in [5, 5.41) is 14.0. The van der Waals surface area contributed by atoms with Gasteiger partial charge in [0.15, 0.2) is 11.5 Å². The Morgan fingerprint density at radius 3 is 2.45 bits per heavy atom. The first-order valence-electron chi connectivity index (χ1n) is 5.75. The van der Waals surface area contributed by atoms with Gasteiger partial charge in [-0.25, -0.2) is 0 Å². The van der Waals surface area contributed by atoms with Gasteiger partial charge in [0, 0.05) is 6.54 Å². The third-order valence-electron chi connectivity index (χ3n) is 2.74. The number of methoxy groups -OCH3 is 1. The fourth-order valence-corrected chi connectivity index (χ4v) is 2.30. The van der Waals surface area contributed by atoms with Crippen LogP contribution in [0.25, 0.3) is 0 Å². The summed E-state index contributed by atoms with van der Waals surface area (Å²) >= 11 is 17.9. The van der Waals surface area contributed by atoms with Crippen molar-refractivity contribution in [1.82, 2.24) is 0 Å². The van der Waals surface area contributed by atoms with E-state index in [2.05, 4.69) is 5.32 Å². The van der Waals surface area contributed by atoms with E-state index in [1.807, 2.05) is 0 Å². The van der Waals surface area contributed by atoms with Crippen LogP contribution in [0.15, 0.2) is 30.3 Å². The van der Waals surface area contributed by atoms with E-state index in [0.717, 1.165) is 5.56 Å². The summed E-state index contributed by atoms with van der Waals surface area (Å²) in [7, 11) is 1.50. The van der Waals surface area contributed by atoms with Crippen LogP contribution in [0.1, 0.15) is 5.56 Å². The van der Waals surface area contributed by atoms with Crippen molar-refractivity contribution in [3.8, 4) is 11.5 Å². The topological polar surface area (TPSA) is 41.5 Å². The molecule has 2 rings (SSSR count). The fourth-order valence-electron chi connectivity index (χ4n) is 1.69. The number of anilines is 1. The second-order valence-electron chi connectivity index (χ2n) is 4.11. The summed E-state index contributed by atoms with van der Waals surface area (Å²) in [4.78, 5) is 0. The van der Waals surface area contributed by atoms with Crippen molar-refractivity contribution in [3.63, 3.8) is 0 Å². The van der Waals surface area contributed by atoms with Crippen LogP contribution >= 0.6 is 34.8 Å². The lowest BCUT2D eigenvalue weighted by Gasteiger charge is -2.11. The average molecular weight is 333 g/mol. The molecule has 0 heterocycles. The Hall–Kier alpha value is -1.29. The number of halogens is 3. The van der Waals surface area contributed by atoms with Crippen molar-refractivity contribution in [2.45, 2.75) is 6.54 Å². The molecule has 0 aliphatic rings. The van der Waals surface area contributed by atoms with Crippen LogP contribution in [0.4, 0.5) is 5.69 Å². The zero-order valence-electron chi connectivity index (χ0n) is 10.6. The van der Waals surface area contributed by atoms with Gasteiger partial charge in [0.2, 0.25) is 0 Å². The minimum atomic E-state index is 0.101. The lowest BCUT2D eigenvalue weighted by molar-refractivity contribution is 0.373. The van der Waals surface area contributed by atoms with Crippen molar-refractivity contribution >= 4 is 40.5 Å². The van der Waals surface area contributed by atoms with Crippen LogP contribution in [0, 0.1) is 0 Å². The predicted molar refractivity (Wildman–Crippen MR) is 83.5 cm³/mol. The van der Waals surface area contributed by atoms with E-state index in [9.17, 15) is 5.11 Å². The minimum absolute atomic E-state index is 0.101. The van der Waals surface area contributed by atoms with Crippen molar-refractivity contribution < 1.29 is 9.84 Å². The van der Waals surface area contributed by atoms with Crippen molar-refractivity contribution in [2.24, 2.45) is 0 Å². The number of phenolic OH excluding ortho intramolecular Hbond substituents is 1. The molecular weight excluding hydrogens is 321 g/mol. The van der Waals surface area contributed by atoms with Crippen LogP contribution < -0.4 is 10.1 Å². The van der Waals surface area contributed by atoms with Crippen molar-refractivity contribution in [3.05, 3.63) is 51.0 Å². The molecule has 20 heavy (non-hydrogen) atoms. The molecule has 0 saturated carbocycles. The lowest BCUT2D eigenvalue weighted by Crippen LogP contribution is -2.00. The summed E-state index contributed by atoms with van der Waals surface area (Å²) in [6.45, 7) is 0.508. The van der Waals surface area contributed by atoms with Gasteiger partial charge in [-0.15, -0.1) is 0 Å². The lowest BCUT2D eigenvalue weighted by atomic mass is 10.2. The van der Waals surface area contributed by atoms with Gasteiger partial charge >= 0.3 is 0 Å². The molecule has 2 aromatic rings. The van der Waals surface area contributed by atoms with E-state index < -0.39 is 0 Å². The van der Waals surface area contributed by atoms with Crippen molar-refractivity contribution in [2.75, 3.05) is 12.4 Å². The number of aromatic hydroxyl groups is 1. The quantitative estimate of drug-likeness (QED) is 0.776. The van der Waals surface area contributed by atoms with Gasteiger partial charge in [0.05, 0.1) is 27.9 Å². The smallest absolute Gasteiger partial charge is 0.160 e. The molecule has 0 bridgehead atoms. The Labute approximate surface area is 132 Å². The highest BCUT2D eigenvalue weighted by Crippen LogP contribution is 2.33. The van der Waals surface area contributed by atoms with Gasteiger partial charge in [-0.3, -0.25) is 0 Å². The second-order valence-corrected chi connectivity index (χ2v) is 5.33. The standard InChI is InChI=1S/C14H12Cl3NO2/c1-20-14-4-8(2-3-13(14)19)7-18-12-6-10(16)9(15)5-11(12)17/h2-6,18-19H,7H2,1H3. The molecule has 3 nitrogen and oxygen atoms in total. The molecule has 0 spiro atoms. The Kier molecular flexibility index (Phi) is 4.86. The molecule has 0 aliphatic heterocycles. The first kappa shape index (κ1) is 15.1. The molecular formula is C14H12Cl3NO2. The predicted octanol–water partition coefficient (Wildman–Crippen LogP) is 4.97. The Morgan fingerprint density at radius 1 is 1.05 bits per heavy atom. The molecule has 0 aromatic heterocycles. The SMILES string of the molecule is COc1cc(CNc2cc(Cl)c(Cl)cc2Cl)ccc1O. The molecule has 0 saturated heterocycles. The largest absolute Gasteiger partial charge is 0.504 e. The molecule has 2 N–H and O–H groups in total. The Balaban J connectivity index is 2.14. The van der Waals surface area contributed by atoms with Gasteiger partial charge in [0.1, 0.15) is 0 Å². The Bertz CT molecular complexity index is 632. The first-order valence-corrected chi connectivity index (χ1v) is 6.89. The van der Waals surface area contributed by atoms with Gasteiger partial charge in [-0.1, -0.05) is 40.9 Å². The van der Waals surface area contributed by atoms with Crippen molar-refractivity contribution in [1.29, 1.82) is 0 Å². The van der Waals surface area contributed by atoms with Crippen LogP contribution in [0.3, 0.4) is 0 Å². The van der Waals surface area contributed by atoms with E-state index in [0.29, 0.717) is 33.0 Å². The molecule has 0 unspecified atom stereocenters. The summed E-state index contributed by atoms with van der Waals surface area (Å²) < 4.78 is 5.05. The maximum Gasteiger partial charge on any atom is 0.160 e. The number of ether oxygens (including phenoxy) is 1. The number of phenols is 1. The second kappa shape index (κ2) is 6.44. The molecule has 0 radical (unpaired) electrons. The summed E-state index contributed by atoms with van der Waals surface area (Å²) in [5.41, 5.74) is 1.62. The number of hydrogen-bond acceptors (Lipinski definition) is 3. The number of benzene rings is 2. The first-order chi connectivity index (χ1) is 9.51. The highest BCUT2D eigenvalue weighted by molar-refractivity contribution is 6.44. The minimum Gasteiger partial charge on any atom is -0.504 e. The summed E-state index contributed by atoms with van der Waals surface area (Å²) in [5.74, 6) is 0.522. The van der Waals surface area contributed by atoms with Gasteiger partial charge in [-0.2, -0.15) is 0 Å². The number of rotatable bonds is 4. The normalized spacial score (nSPS) is 10.4. The Morgan fingerprint density at radius 2 is 1.75 bits per heavy atom. The van der Waals surface area contributed by atoms with E-state index >= 15 is 0 Å². The molecule has 0 atom stereocenters. The van der Waals surface area contributed by atoms with Crippen LogP contribution in [0.5, 0.6) is 11.5 Å². The highest BCUT2D eigenvalue weighted by Gasteiger charge is 2.07. The third-order valence-corrected chi connectivity index (χ3v) is 3.77. The number of hydrogen-bond donors (Lipinski definition) is 2. The van der Waals surface area contributed by atoms with E-state index in [4.69, 9.17) is 39.5 Å². The summed E-state index contributed by atoms with van der Waals surface area (Å²) in [6, 6.07) is 8.37.